The van der Waals surface area contributed by atoms with Crippen molar-refractivity contribution in [3.05, 3.63) is 60.0 Å². The van der Waals surface area contributed by atoms with Crippen LogP contribution >= 0.6 is 11.6 Å². The molecule has 0 aliphatic rings. The molecule has 28 heavy (non-hydrogen) atoms. The monoisotopic (exact) mass is 401 g/mol. The van der Waals surface area contributed by atoms with Gasteiger partial charge in [0.25, 0.3) is 0 Å². The van der Waals surface area contributed by atoms with Gasteiger partial charge >= 0.3 is 0 Å². The van der Waals surface area contributed by atoms with Crippen LogP contribution in [-0.4, -0.2) is 40.3 Å². The number of hydrogen-bond donors (Lipinski definition) is 6. The lowest BCUT2D eigenvalue weighted by Crippen LogP contribution is -2.15. The van der Waals surface area contributed by atoms with Crippen molar-refractivity contribution in [3.8, 4) is 0 Å². The second kappa shape index (κ2) is 10.7. The number of amides is 1. The molecule has 6 N–H and O–H groups in total. The predicted octanol–water partition coefficient (Wildman–Crippen LogP) is 2.48. The van der Waals surface area contributed by atoms with Gasteiger partial charge in [0.2, 0.25) is 11.9 Å². The first kappa shape index (κ1) is 20.9. The summed E-state index contributed by atoms with van der Waals surface area (Å²) in [4.78, 5) is 19.8. The van der Waals surface area contributed by atoms with Gasteiger partial charge in [0.15, 0.2) is 5.82 Å². The Morgan fingerprint density at radius 2 is 2.11 bits per heavy atom. The maximum atomic E-state index is 11.4. The van der Waals surface area contributed by atoms with E-state index in [1.807, 2.05) is 0 Å². The van der Waals surface area contributed by atoms with Crippen LogP contribution in [0.15, 0.2) is 55.0 Å². The minimum absolute atomic E-state index is 0.0282. The molecule has 0 unspecified atom stereocenters. The van der Waals surface area contributed by atoms with E-state index in [9.17, 15) is 4.79 Å². The van der Waals surface area contributed by atoms with E-state index in [-0.39, 0.29) is 18.5 Å². The van der Waals surface area contributed by atoms with Crippen LogP contribution in [0.3, 0.4) is 0 Å². The highest BCUT2D eigenvalue weighted by Gasteiger charge is 2.08. The molecule has 0 bridgehead atoms. The van der Waals surface area contributed by atoms with E-state index >= 15 is 0 Å². The summed E-state index contributed by atoms with van der Waals surface area (Å²) in [6.45, 7) is 3.74. The molecule has 1 heterocycles. The van der Waals surface area contributed by atoms with Crippen molar-refractivity contribution < 1.29 is 9.90 Å². The zero-order valence-electron chi connectivity index (χ0n) is 14.9. The molecule has 1 aromatic heterocycles. The van der Waals surface area contributed by atoms with Crippen LogP contribution in [0.1, 0.15) is 0 Å². The molecule has 10 heteroatoms. The Labute approximate surface area is 167 Å². The number of hydrogen-bond acceptors (Lipinski definition) is 8. The van der Waals surface area contributed by atoms with E-state index in [0.717, 1.165) is 6.21 Å². The van der Waals surface area contributed by atoms with E-state index < -0.39 is 0 Å². The number of carbonyl (C=O) groups excluding carboxylic acids is 1. The molecule has 0 fully saturated rings. The Bertz CT molecular complexity index is 886. The lowest BCUT2D eigenvalue weighted by Gasteiger charge is -2.11. The molecule has 0 spiro atoms. The number of aliphatic hydroxyl groups is 1. The van der Waals surface area contributed by atoms with Crippen LogP contribution in [-0.2, 0) is 4.79 Å². The van der Waals surface area contributed by atoms with Gasteiger partial charge in [-0.3, -0.25) is 4.79 Å². The van der Waals surface area contributed by atoms with Gasteiger partial charge in [-0.1, -0.05) is 24.2 Å². The van der Waals surface area contributed by atoms with Crippen molar-refractivity contribution in [2.75, 3.05) is 29.1 Å². The van der Waals surface area contributed by atoms with Gasteiger partial charge in [0.05, 0.1) is 18.5 Å². The van der Waals surface area contributed by atoms with Crippen molar-refractivity contribution in [1.82, 2.24) is 15.3 Å². The number of carbonyl (C=O) groups is 1. The lowest BCUT2D eigenvalue weighted by atomic mass is 10.2. The molecule has 0 atom stereocenters. The van der Waals surface area contributed by atoms with Crippen LogP contribution in [0.25, 0.3) is 0 Å². The smallest absolute Gasteiger partial charge is 0.247 e. The summed E-state index contributed by atoms with van der Waals surface area (Å²) >= 11 is 6.17. The predicted molar refractivity (Wildman–Crippen MR) is 111 cm³/mol. The third-order valence-electron chi connectivity index (χ3n) is 3.25. The Kier molecular flexibility index (Phi) is 7.94. The van der Waals surface area contributed by atoms with E-state index in [2.05, 4.69) is 37.8 Å². The minimum atomic E-state index is -0.315. The second-order valence-electron chi connectivity index (χ2n) is 5.34. The molecule has 1 amide bonds. The normalized spacial score (nSPS) is 10.7. The number of halogens is 1. The molecule has 0 saturated heterocycles. The topological polar surface area (TPSA) is 135 Å². The summed E-state index contributed by atoms with van der Waals surface area (Å²) in [5.74, 6) is 0.257. The number of rotatable bonds is 10. The maximum absolute atomic E-state index is 11.4. The third-order valence-corrected chi connectivity index (χ3v) is 3.52. The van der Waals surface area contributed by atoms with Gasteiger partial charge in [-0.25, -0.2) is 4.98 Å². The van der Waals surface area contributed by atoms with Crippen molar-refractivity contribution >= 4 is 46.9 Å². The molecule has 2 rings (SSSR count). The highest BCUT2D eigenvalue weighted by molar-refractivity contribution is 6.32. The number of nitrogens with one attached hydrogen (secondary N) is 5. The third kappa shape index (κ3) is 6.38. The first-order valence-corrected chi connectivity index (χ1v) is 8.58. The van der Waals surface area contributed by atoms with E-state index in [0.29, 0.717) is 34.5 Å². The highest BCUT2D eigenvalue weighted by atomic mass is 35.5. The number of benzene rings is 1. The van der Waals surface area contributed by atoms with Crippen LogP contribution < -0.4 is 21.3 Å². The Hall–Kier alpha value is -3.43. The number of allylic oxidation sites excluding steroid dienone is 1. The number of aliphatic hydroxyl groups excluding tert-OH is 1. The minimum Gasteiger partial charge on any atom is -0.395 e. The molecule has 9 nitrogen and oxygen atoms in total. The largest absolute Gasteiger partial charge is 0.395 e. The summed E-state index contributed by atoms with van der Waals surface area (Å²) < 4.78 is 0. The van der Waals surface area contributed by atoms with Gasteiger partial charge in [-0.05, 0) is 24.3 Å². The second-order valence-corrected chi connectivity index (χ2v) is 5.74. The Morgan fingerprint density at radius 3 is 2.82 bits per heavy atom. The summed E-state index contributed by atoms with van der Waals surface area (Å²) in [6, 6.07) is 7.01. The van der Waals surface area contributed by atoms with Gasteiger partial charge in [0, 0.05) is 30.3 Å². The quantitative estimate of drug-likeness (QED) is 0.204. The first-order chi connectivity index (χ1) is 13.5. The van der Waals surface area contributed by atoms with Crippen LogP contribution in [0.5, 0.6) is 0 Å². The zero-order chi connectivity index (χ0) is 20.4. The van der Waals surface area contributed by atoms with Crippen LogP contribution in [0.2, 0.25) is 5.02 Å². The lowest BCUT2D eigenvalue weighted by molar-refractivity contribution is -0.111. The molecule has 0 saturated carbocycles. The summed E-state index contributed by atoms with van der Waals surface area (Å²) in [5, 5.41) is 27.9. The molecule has 0 aliphatic carbocycles. The van der Waals surface area contributed by atoms with Gasteiger partial charge in [0.1, 0.15) is 5.02 Å². The fourth-order valence-electron chi connectivity index (χ4n) is 2.01. The molecule has 0 aliphatic heterocycles. The number of nitrogens with zero attached hydrogens (tertiary/aromatic N) is 2. The molecule has 2 aromatic rings. The fourth-order valence-corrected chi connectivity index (χ4v) is 2.15. The first-order valence-electron chi connectivity index (χ1n) is 8.20. The van der Waals surface area contributed by atoms with Crippen molar-refractivity contribution in [3.63, 3.8) is 0 Å². The van der Waals surface area contributed by atoms with E-state index in [1.54, 1.807) is 24.3 Å². The van der Waals surface area contributed by atoms with E-state index in [1.165, 1.54) is 18.5 Å². The standard InChI is InChI=1S/C18H20ClN7O2/c1-2-16(28)23-12-4-3-5-13(8-12)24-17-15(19)11-22-18(26-17)25-14(9-20)10-21-6-7-27/h2-5,8-11,20-21,27H,1,6-7H2,(H,23,28)(H2,22,24,25,26)/b14-10+,20-9?. The van der Waals surface area contributed by atoms with Crippen molar-refractivity contribution in [2.45, 2.75) is 0 Å². The molecular formula is C18H20ClN7O2. The number of anilines is 4. The highest BCUT2D eigenvalue weighted by Crippen LogP contribution is 2.25. The summed E-state index contributed by atoms with van der Waals surface area (Å²) in [5.41, 5.74) is 1.64. The van der Waals surface area contributed by atoms with Crippen LogP contribution in [0, 0.1) is 5.41 Å². The molecule has 146 valence electrons. The average Bonchev–Trinajstić information content (AvgIpc) is 2.70. The summed E-state index contributed by atoms with van der Waals surface area (Å²) in [7, 11) is 0. The van der Waals surface area contributed by atoms with E-state index in [4.69, 9.17) is 22.1 Å². The molecule has 1 aromatic carbocycles. The number of aromatic nitrogens is 2. The Balaban J connectivity index is 2.16. The van der Waals surface area contributed by atoms with Gasteiger partial charge in [-0.15, -0.1) is 0 Å². The zero-order valence-corrected chi connectivity index (χ0v) is 15.6. The SMILES string of the molecule is C=CC(=O)Nc1cccc(Nc2nc(N/C(C=N)=C/NCCO)ncc2Cl)c1. The molecular weight excluding hydrogens is 382 g/mol. The maximum Gasteiger partial charge on any atom is 0.247 e. The van der Waals surface area contributed by atoms with Crippen LogP contribution in [0.4, 0.5) is 23.1 Å². The molecule has 0 radical (unpaired) electrons. The van der Waals surface area contributed by atoms with Gasteiger partial charge < -0.3 is 31.8 Å². The average molecular weight is 402 g/mol. The van der Waals surface area contributed by atoms with Crippen molar-refractivity contribution in [2.24, 2.45) is 0 Å². The van der Waals surface area contributed by atoms with Crippen molar-refractivity contribution in [1.29, 1.82) is 5.41 Å². The summed E-state index contributed by atoms with van der Waals surface area (Å²) in [6.07, 6.45) is 5.22. The van der Waals surface area contributed by atoms with Gasteiger partial charge in [-0.2, -0.15) is 4.98 Å². The fraction of sp³-hybridized carbons (Fsp3) is 0.111. The Morgan fingerprint density at radius 1 is 1.32 bits per heavy atom.